The molecule has 0 heterocycles. The molecule has 1 N–H and O–H groups in total. The van der Waals surface area contributed by atoms with Crippen LogP contribution in [0.5, 0.6) is 0 Å². The quantitative estimate of drug-likeness (QED) is 0.206. The normalized spacial score (nSPS) is 9.80. The van der Waals surface area contributed by atoms with Crippen molar-refractivity contribution in [2.75, 3.05) is 0 Å². The smallest absolute Gasteiger partial charge is 0.724 e. The number of hydrogen-bond donors (Lipinski definition) is 1. The Morgan fingerprint density at radius 1 is 1.60 bits per heavy atom. The first-order chi connectivity index (χ1) is 3.92. The molecule has 0 spiro atoms. The van der Waals surface area contributed by atoms with Gasteiger partial charge in [0.05, 0.1) is 0 Å². The molecule has 0 aromatic heterocycles. The number of amides is 1. The second-order valence-electron chi connectivity index (χ2n) is 1.15. The molecule has 10 heavy (non-hydrogen) atoms. The van der Waals surface area contributed by atoms with E-state index in [4.69, 9.17) is 0 Å². The standard InChI is InChI=1S/C2H5NO5S.K/c1-2(4)3-8-9(5,6)7;/h1H3,(H,3,4)(H,5,6,7);/q;+1/p-1. The van der Waals surface area contributed by atoms with Gasteiger partial charge in [-0.05, 0) is 0 Å². The number of hydroxylamine groups is 1. The third kappa shape index (κ3) is 11.7. The molecule has 0 aromatic carbocycles. The van der Waals surface area contributed by atoms with Gasteiger partial charge in [0, 0.05) is 6.92 Å². The SMILES string of the molecule is CC(=O)NOS(=O)(=O)[O-].[K+]. The Morgan fingerprint density at radius 2 is 2.00 bits per heavy atom. The fourth-order valence-electron chi connectivity index (χ4n) is 0.110. The predicted molar refractivity (Wildman–Crippen MR) is 24.6 cm³/mol. The molecular formula is C2H4KNO5S. The van der Waals surface area contributed by atoms with Gasteiger partial charge in [-0.3, -0.25) is 4.79 Å². The third-order valence-electron chi connectivity index (χ3n) is 0.287. The zero-order valence-electron chi connectivity index (χ0n) is 5.45. The second kappa shape index (κ2) is 5.60. The maximum Gasteiger partial charge on any atom is 1.00 e. The Balaban J connectivity index is 0. The third-order valence-corrected chi connectivity index (χ3v) is 0.575. The summed E-state index contributed by atoms with van der Waals surface area (Å²) in [5, 5.41) is 0. The first-order valence-electron chi connectivity index (χ1n) is 1.82. The van der Waals surface area contributed by atoms with E-state index in [1.165, 1.54) is 5.48 Å². The summed E-state index contributed by atoms with van der Waals surface area (Å²) < 4.78 is 31.9. The van der Waals surface area contributed by atoms with Crippen molar-refractivity contribution in [1.29, 1.82) is 0 Å². The van der Waals surface area contributed by atoms with Gasteiger partial charge in [0.2, 0.25) is 16.3 Å². The van der Waals surface area contributed by atoms with Crippen LogP contribution in [0.25, 0.3) is 0 Å². The van der Waals surface area contributed by atoms with Crippen LogP contribution in [0.15, 0.2) is 0 Å². The number of carbonyl (C=O) groups is 1. The first-order valence-corrected chi connectivity index (χ1v) is 3.16. The number of rotatable bonds is 2. The molecule has 0 atom stereocenters. The van der Waals surface area contributed by atoms with Crippen molar-refractivity contribution in [3.05, 3.63) is 0 Å². The number of nitrogens with one attached hydrogen (secondary N) is 1. The van der Waals surface area contributed by atoms with Gasteiger partial charge >= 0.3 is 51.4 Å². The molecule has 0 rings (SSSR count). The average molecular weight is 193 g/mol. The van der Waals surface area contributed by atoms with Gasteiger partial charge in [-0.2, -0.15) is 4.28 Å². The van der Waals surface area contributed by atoms with E-state index < -0.39 is 16.3 Å². The van der Waals surface area contributed by atoms with Crippen LogP contribution in [0.3, 0.4) is 0 Å². The number of hydrogen-bond acceptors (Lipinski definition) is 5. The van der Waals surface area contributed by atoms with Gasteiger partial charge < -0.3 is 4.55 Å². The van der Waals surface area contributed by atoms with E-state index >= 15 is 0 Å². The van der Waals surface area contributed by atoms with Gasteiger partial charge in [-0.1, -0.05) is 0 Å². The molecule has 8 heteroatoms. The van der Waals surface area contributed by atoms with Crippen LogP contribution in [0.4, 0.5) is 0 Å². The van der Waals surface area contributed by atoms with Gasteiger partial charge in [0.25, 0.3) is 0 Å². The molecule has 54 valence electrons. The zero-order valence-corrected chi connectivity index (χ0v) is 9.39. The number of carbonyl (C=O) groups excluding carboxylic acids is 1. The largest absolute Gasteiger partial charge is 1.00 e. The molecule has 0 aliphatic heterocycles. The van der Waals surface area contributed by atoms with Crippen LogP contribution in [-0.4, -0.2) is 18.9 Å². The van der Waals surface area contributed by atoms with E-state index in [2.05, 4.69) is 4.28 Å². The van der Waals surface area contributed by atoms with Gasteiger partial charge in [-0.15, -0.1) is 0 Å². The van der Waals surface area contributed by atoms with Gasteiger partial charge in [-0.25, -0.2) is 13.9 Å². The zero-order chi connectivity index (χ0) is 7.49. The van der Waals surface area contributed by atoms with E-state index in [1.807, 2.05) is 0 Å². The summed E-state index contributed by atoms with van der Waals surface area (Å²) in [5.74, 6) is -0.755. The topological polar surface area (TPSA) is 95.5 Å². The minimum absolute atomic E-state index is 0. The van der Waals surface area contributed by atoms with E-state index in [-0.39, 0.29) is 51.4 Å². The van der Waals surface area contributed by atoms with Crippen LogP contribution >= 0.6 is 0 Å². The maximum absolute atomic E-state index is 9.85. The second-order valence-corrected chi connectivity index (χ2v) is 2.13. The Morgan fingerprint density at radius 3 is 2.10 bits per heavy atom. The molecule has 0 radical (unpaired) electrons. The molecule has 0 bridgehead atoms. The van der Waals surface area contributed by atoms with Crippen molar-refractivity contribution in [2.45, 2.75) is 6.92 Å². The van der Waals surface area contributed by atoms with Crippen molar-refractivity contribution in [1.82, 2.24) is 5.48 Å². The molecule has 0 aliphatic rings. The fraction of sp³-hybridized carbons (Fsp3) is 0.500. The van der Waals surface area contributed by atoms with Crippen LogP contribution in [0.1, 0.15) is 6.92 Å². The molecule has 0 unspecified atom stereocenters. The average Bonchev–Trinajstić information content (AvgIpc) is 1.59. The molecule has 6 nitrogen and oxygen atoms in total. The fourth-order valence-corrected chi connectivity index (χ4v) is 0.329. The minimum Gasteiger partial charge on any atom is -0.724 e. The van der Waals surface area contributed by atoms with Crippen LogP contribution in [-0.2, 0) is 19.5 Å². The van der Waals surface area contributed by atoms with E-state index in [0.717, 1.165) is 6.92 Å². The molecule has 0 aromatic rings. The van der Waals surface area contributed by atoms with Crippen molar-refractivity contribution in [3.63, 3.8) is 0 Å². The summed E-state index contributed by atoms with van der Waals surface area (Å²) in [6, 6.07) is 0. The van der Waals surface area contributed by atoms with Gasteiger partial charge in [0.1, 0.15) is 0 Å². The molecule has 0 aliphatic carbocycles. The molecule has 0 saturated carbocycles. The molecule has 0 saturated heterocycles. The van der Waals surface area contributed by atoms with Crippen molar-refractivity contribution < 1.29 is 73.4 Å². The van der Waals surface area contributed by atoms with Gasteiger partial charge in [0.15, 0.2) is 0 Å². The van der Waals surface area contributed by atoms with Crippen molar-refractivity contribution >= 4 is 16.3 Å². The van der Waals surface area contributed by atoms with Crippen LogP contribution in [0.2, 0.25) is 0 Å². The summed E-state index contributed by atoms with van der Waals surface area (Å²) in [7, 11) is -4.80. The first kappa shape index (κ1) is 13.6. The molecule has 1 amide bonds. The van der Waals surface area contributed by atoms with Crippen LogP contribution in [0, 0.1) is 0 Å². The van der Waals surface area contributed by atoms with E-state index in [1.54, 1.807) is 0 Å². The monoisotopic (exact) mass is 193 g/mol. The minimum atomic E-state index is -4.80. The summed E-state index contributed by atoms with van der Waals surface area (Å²) in [6.45, 7) is 1.01. The Kier molecular flexibility index (Phi) is 7.60. The Labute approximate surface area is 101 Å². The van der Waals surface area contributed by atoms with Crippen molar-refractivity contribution in [2.24, 2.45) is 0 Å². The van der Waals surface area contributed by atoms with Crippen LogP contribution < -0.4 is 56.9 Å². The Hall–Kier alpha value is 0.976. The summed E-state index contributed by atoms with van der Waals surface area (Å²) in [6.07, 6.45) is 0. The van der Waals surface area contributed by atoms with E-state index in [0.29, 0.717) is 0 Å². The molecular weight excluding hydrogens is 189 g/mol. The summed E-state index contributed by atoms with van der Waals surface area (Å²) >= 11 is 0. The molecule has 0 fully saturated rings. The predicted octanol–water partition coefficient (Wildman–Crippen LogP) is -4.48. The Bertz CT molecular complexity index is 198. The van der Waals surface area contributed by atoms with Crippen molar-refractivity contribution in [3.8, 4) is 0 Å². The summed E-state index contributed by atoms with van der Waals surface area (Å²) in [4.78, 5) is 9.85. The maximum atomic E-state index is 9.85. The summed E-state index contributed by atoms with van der Waals surface area (Å²) in [5.41, 5.74) is 1.35. The van der Waals surface area contributed by atoms with E-state index in [9.17, 15) is 17.8 Å².